The highest BCUT2D eigenvalue weighted by molar-refractivity contribution is 7.98. The lowest BCUT2D eigenvalue weighted by Gasteiger charge is -2.10. The minimum Gasteiger partial charge on any atom is -0.456 e. The second-order valence-electron chi connectivity index (χ2n) is 6.06. The fourth-order valence-corrected chi connectivity index (χ4v) is 4.82. The lowest BCUT2D eigenvalue weighted by molar-refractivity contribution is 0.0467. The van der Waals surface area contributed by atoms with Crippen molar-refractivity contribution in [2.75, 3.05) is 6.26 Å². The lowest BCUT2D eigenvalue weighted by Crippen LogP contribution is -2.10. The van der Waals surface area contributed by atoms with Crippen molar-refractivity contribution in [1.29, 1.82) is 5.26 Å². The number of nitrogens with zero attached hydrogens (tertiary/aromatic N) is 3. The maximum absolute atomic E-state index is 12.7. The smallest absolute Gasteiger partial charge is 0.340 e. The number of carbonyl (C=O) groups is 1. The first-order chi connectivity index (χ1) is 13.2. The SMILES string of the molecule is CSc1nc(C2CC2)cc(C(=O)OCc2csc(-c3cccs3)n2)c1C#N. The van der Waals surface area contributed by atoms with Gasteiger partial charge in [-0.05, 0) is 36.6 Å². The van der Waals surface area contributed by atoms with Gasteiger partial charge in [0.15, 0.2) is 0 Å². The molecule has 1 saturated carbocycles. The summed E-state index contributed by atoms with van der Waals surface area (Å²) >= 11 is 4.53. The fraction of sp³-hybridized carbons (Fsp3) is 0.263. The van der Waals surface area contributed by atoms with Crippen LogP contribution in [0.4, 0.5) is 0 Å². The number of ether oxygens (including phenoxy) is 1. The van der Waals surface area contributed by atoms with Crippen molar-refractivity contribution in [3.8, 4) is 16.0 Å². The molecule has 0 atom stereocenters. The predicted octanol–water partition coefficient (Wildman–Crippen LogP) is 5.09. The largest absolute Gasteiger partial charge is 0.456 e. The van der Waals surface area contributed by atoms with Crippen molar-refractivity contribution in [1.82, 2.24) is 9.97 Å². The Hall–Kier alpha value is -2.21. The van der Waals surface area contributed by atoms with E-state index in [4.69, 9.17) is 4.74 Å². The molecular weight excluding hydrogens is 398 g/mol. The molecule has 1 aliphatic carbocycles. The van der Waals surface area contributed by atoms with Crippen molar-refractivity contribution in [2.45, 2.75) is 30.4 Å². The first-order valence-corrected chi connectivity index (χ1v) is 11.3. The Balaban J connectivity index is 1.53. The molecular formula is C19H15N3O2S3. The van der Waals surface area contributed by atoms with Gasteiger partial charge in [0.05, 0.1) is 21.7 Å². The van der Waals surface area contributed by atoms with Crippen molar-refractivity contribution in [3.05, 3.63) is 51.5 Å². The van der Waals surface area contributed by atoms with Crippen LogP contribution >= 0.6 is 34.4 Å². The molecule has 0 aromatic carbocycles. The number of aromatic nitrogens is 2. The highest BCUT2D eigenvalue weighted by atomic mass is 32.2. The summed E-state index contributed by atoms with van der Waals surface area (Å²) in [5, 5.41) is 14.9. The van der Waals surface area contributed by atoms with Gasteiger partial charge < -0.3 is 4.74 Å². The quantitative estimate of drug-likeness (QED) is 0.414. The number of hydrogen-bond donors (Lipinski definition) is 0. The van der Waals surface area contributed by atoms with Crippen molar-refractivity contribution < 1.29 is 9.53 Å². The molecule has 3 aromatic rings. The molecule has 0 spiro atoms. The van der Waals surface area contributed by atoms with Gasteiger partial charge in [0, 0.05) is 17.0 Å². The van der Waals surface area contributed by atoms with Gasteiger partial charge in [-0.15, -0.1) is 34.4 Å². The van der Waals surface area contributed by atoms with Crippen LogP contribution in [0.2, 0.25) is 0 Å². The highest BCUT2D eigenvalue weighted by Crippen LogP contribution is 2.40. The molecule has 136 valence electrons. The molecule has 0 bridgehead atoms. The van der Waals surface area contributed by atoms with E-state index < -0.39 is 5.97 Å². The minimum atomic E-state index is -0.503. The number of thioether (sulfide) groups is 1. The van der Waals surface area contributed by atoms with Gasteiger partial charge in [0.25, 0.3) is 0 Å². The van der Waals surface area contributed by atoms with Crippen molar-refractivity contribution in [2.24, 2.45) is 0 Å². The third kappa shape index (κ3) is 3.90. The summed E-state index contributed by atoms with van der Waals surface area (Å²) in [5.74, 6) is -0.112. The number of thiazole rings is 1. The van der Waals surface area contributed by atoms with E-state index >= 15 is 0 Å². The number of esters is 1. The Morgan fingerprint density at radius 3 is 2.93 bits per heavy atom. The summed E-state index contributed by atoms with van der Waals surface area (Å²) in [6.07, 6.45) is 4.01. The summed E-state index contributed by atoms with van der Waals surface area (Å²) < 4.78 is 5.46. The molecule has 1 fully saturated rings. The summed E-state index contributed by atoms with van der Waals surface area (Å²) in [6.45, 7) is 0.0846. The van der Waals surface area contributed by atoms with Crippen LogP contribution in [0.1, 0.15) is 46.1 Å². The van der Waals surface area contributed by atoms with Gasteiger partial charge in [-0.25, -0.2) is 14.8 Å². The molecule has 1 aliphatic rings. The molecule has 0 radical (unpaired) electrons. The van der Waals surface area contributed by atoms with E-state index in [9.17, 15) is 10.1 Å². The van der Waals surface area contributed by atoms with Crippen LogP contribution in [-0.2, 0) is 11.3 Å². The highest BCUT2D eigenvalue weighted by Gasteiger charge is 2.29. The van der Waals surface area contributed by atoms with Gasteiger partial charge in [-0.1, -0.05) is 6.07 Å². The van der Waals surface area contributed by atoms with Crippen LogP contribution in [0.25, 0.3) is 9.88 Å². The fourth-order valence-electron chi connectivity index (χ4n) is 2.65. The van der Waals surface area contributed by atoms with Crippen LogP contribution in [0.15, 0.2) is 34.0 Å². The van der Waals surface area contributed by atoms with Crippen LogP contribution in [0, 0.1) is 11.3 Å². The molecule has 8 heteroatoms. The summed E-state index contributed by atoms with van der Waals surface area (Å²) in [5.41, 5.74) is 2.16. The Kier molecular flexibility index (Phi) is 5.25. The molecule has 4 rings (SSSR count). The van der Waals surface area contributed by atoms with Crippen LogP contribution in [0.5, 0.6) is 0 Å². The number of hydrogen-bond acceptors (Lipinski definition) is 8. The third-order valence-electron chi connectivity index (χ3n) is 4.16. The minimum absolute atomic E-state index is 0.0846. The van der Waals surface area contributed by atoms with Crippen LogP contribution < -0.4 is 0 Å². The monoisotopic (exact) mass is 413 g/mol. The first kappa shape index (κ1) is 18.2. The average Bonchev–Trinajstić information content (AvgIpc) is 3.19. The summed E-state index contributed by atoms with van der Waals surface area (Å²) in [7, 11) is 0. The van der Waals surface area contributed by atoms with Gasteiger partial charge in [0.1, 0.15) is 22.7 Å². The molecule has 3 heterocycles. The summed E-state index contributed by atoms with van der Waals surface area (Å²) in [4.78, 5) is 22.8. The van der Waals surface area contributed by atoms with E-state index in [1.807, 2.05) is 29.1 Å². The molecule has 0 saturated heterocycles. The number of thiophene rings is 1. The van der Waals surface area contributed by atoms with Gasteiger partial charge in [0.2, 0.25) is 0 Å². The van der Waals surface area contributed by atoms with E-state index in [1.165, 1.54) is 23.1 Å². The topological polar surface area (TPSA) is 75.9 Å². The normalized spacial score (nSPS) is 13.3. The molecule has 0 amide bonds. The molecule has 0 unspecified atom stereocenters. The first-order valence-electron chi connectivity index (χ1n) is 8.34. The Labute approximate surface area is 169 Å². The van der Waals surface area contributed by atoms with Gasteiger partial charge in [-0.2, -0.15) is 5.26 Å². The Morgan fingerprint density at radius 1 is 1.41 bits per heavy atom. The Bertz CT molecular complexity index is 1020. The maximum atomic E-state index is 12.7. The van der Waals surface area contributed by atoms with E-state index in [0.717, 1.165) is 28.4 Å². The zero-order valence-corrected chi connectivity index (χ0v) is 16.9. The van der Waals surface area contributed by atoms with E-state index in [1.54, 1.807) is 17.4 Å². The van der Waals surface area contributed by atoms with Crippen LogP contribution in [-0.4, -0.2) is 22.2 Å². The second-order valence-corrected chi connectivity index (χ2v) is 8.66. The lowest BCUT2D eigenvalue weighted by atomic mass is 10.1. The zero-order chi connectivity index (χ0) is 18.8. The third-order valence-corrected chi connectivity index (χ3v) is 6.77. The molecule has 5 nitrogen and oxygen atoms in total. The second kappa shape index (κ2) is 7.80. The molecule has 0 aliphatic heterocycles. The molecule has 27 heavy (non-hydrogen) atoms. The maximum Gasteiger partial charge on any atom is 0.340 e. The van der Waals surface area contributed by atoms with E-state index in [2.05, 4.69) is 16.0 Å². The van der Waals surface area contributed by atoms with Gasteiger partial charge >= 0.3 is 5.97 Å². The molecule has 3 aromatic heterocycles. The van der Waals surface area contributed by atoms with Crippen molar-refractivity contribution in [3.63, 3.8) is 0 Å². The number of carbonyl (C=O) groups excluding carboxylic acids is 1. The van der Waals surface area contributed by atoms with Gasteiger partial charge in [-0.3, -0.25) is 0 Å². The predicted molar refractivity (Wildman–Crippen MR) is 107 cm³/mol. The molecule has 0 N–H and O–H groups in total. The summed E-state index contributed by atoms with van der Waals surface area (Å²) in [6, 6.07) is 7.82. The zero-order valence-electron chi connectivity index (χ0n) is 14.5. The van der Waals surface area contributed by atoms with E-state index in [0.29, 0.717) is 22.2 Å². The standard InChI is InChI=1S/C19H15N3O2S3/c1-25-17-14(8-20)13(7-15(22-17)11-4-5-11)19(23)24-9-12-10-27-18(21-12)16-3-2-6-26-16/h2-3,6-7,10-11H,4-5,9H2,1H3. The Morgan fingerprint density at radius 2 is 2.26 bits per heavy atom. The average molecular weight is 414 g/mol. The number of rotatable bonds is 6. The number of nitriles is 1. The van der Waals surface area contributed by atoms with Crippen molar-refractivity contribution >= 4 is 40.4 Å². The van der Waals surface area contributed by atoms with E-state index in [-0.39, 0.29) is 12.2 Å². The van der Waals surface area contributed by atoms with Crippen LogP contribution in [0.3, 0.4) is 0 Å². The number of pyridine rings is 1.